The molecule has 2 aromatic rings. The third-order valence-corrected chi connectivity index (χ3v) is 3.94. The number of hydrogen-bond donors (Lipinski definition) is 2. The Kier molecular flexibility index (Phi) is 5.02. The molecule has 2 N–H and O–H groups in total. The summed E-state index contributed by atoms with van der Waals surface area (Å²) in [6.07, 6.45) is 0.757. The number of benzene rings is 1. The summed E-state index contributed by atoms with van der Waals surface area (Å²) in [5.74, 6) is 1.46. The second-order valence-corrected chi connectivity index (χ2v) is 5.90. The number of nitrogens with one attached hydrogen (secondary N) is 1. The Bertz CT molecular complexity index is 580. The highest BCUT2D eigenvalue weighted by Crippen LogP contribution is 2.19. The van der Waals surface area contributed by atoms with Crippen molar-refractivity contribution in [2.75, 3.05) is 6.61 Å². The molecule has 1 atom stereocenters. The van der Waals surface area contributed by atoms with E-state index >= 15 is 0 Å². The molecule has 0 aliphatic rings. The molecule has 1 aromatic carbocycles. The van der Waals surface area contributed by atoms with Gasteiger partial charge in [-0.15, -0.1) is 0 Å². The Hall–Kier alpha value is -1.10. The third kappa shape index (κ3) is 3.32. The summed E-state index contributed by atoms with van der Waals surface area (Å²) in [4.78, 5) is 4.62. The van der Waals surface area contributed by atoms with E-state index in [1.807, 2.05) is 25.2 Å². The van der Waals surface area contributed by atoms with Crippen LogP contribution in [0.3, 0.4) is 0 Å². The van der Waals surface area contributed by atoms with Crippen LogP contribution in [0.4, 0.5) is 0 Å². The zero-order valence-electron chi connectivity index (χ0n) is 12.2. The van der Waals surface area contributed by atoms with Crippen LogP contribution in [0.1, 0.15) is 26.1 Å². The van der Waals surface area contributed by atoms with E-state index < -0.39 is 0 Å². The Morgan fingerprint density at radius 3 is 2.80 bits per heavy atom. The number of aromatic nitrogens is 2. The highest BCUT2D eigenvalue weighted by Gasteiger charge is 2.14. The summed E-state index contributed by atoms with van der Waals surface area (Å²) in [7, 11) is 2.01. The van der Waals surface area contributed by atoms with Gasteiger partial charge in [0.25, 0.3) is 0 Å². The van der Waals surface area contributed by atoms with Crippen LogP contribution >= 0.6 is 11.6 Å². The van der Waals surface area contributed by atoms with E-state index in [-0.39, 0.29) is 6.61 Å². The zero-order valence-corrected chi connectivity index (χ0v) is 13.0. The average molecular weight is 296 g/mol. The van der Waals surface area contributed by atoms with Crippen LogP contribution in [-0.2, 0) is 13.6 Å². The minimum Gasteiger partial charge on any atom is -0.396 e. The molecule has 5 heteroatoms. The molecule has 0 saturated heterocycles. The first-order chi connectivity index (χ1) is 9.52. The Balaban J connectivity index is 2.15. The summed E-state index contributed by atoms with van der Waals surface area (Å²) in [5.41, 5.74) is 1.99. The van der Waals surface area contributed by atoms with Crippen molar-refractivity contribution in [2.24, 2.45) is 13.0 Å². The molecule has 4 nitrogen and oxygen atoms in total. The first kappa shape index (κ1) is 15.3. The molecule has 0 radical (unpaired) electrons. The molecule has 0 fully saturated rings. The van der Waals surface area contributed by atoms with Gasteiger partial charge in [0, 0.05) is 24.7 Å². The smallest absolute Gasteiger partial charge is 0.123 e. The van der Waals surface area contributed by atoms with Gasteiger partial charge in [0.05, 0.1) is 17.6 Å². The molecule has 0 aliphatic heterocycles. The van der Waals surface area contributed by atoms with Crippen molar-refractivity contribution in [1.82, 2.24) is 14.9 Å². The van der Waals surface area contributed by atoms with Gasteiger partial charge in [-0.1, -0.05) is 25.4 Å². The molecule has 0 aliphatic carbocycles. The van der Waals surface area contributed by atoms with Gasteiger partial charge in [-0.3, -0.25) is 0 Å². The number of halogens is 1. The average Bonchev–Trinajstić information content (AvgIpc) is 2.70. The SMILES string of the molecule is CC(C)C(CCO)NCc1nc2cc(Cl)ccc2n1C. The molecule has 1 heterocycles. The summed E-state index contributed by atoms with van der Waals surface area (Å²) in [6.45, 7) is 5.20. The number of aliphatic hydroxyl groups is 1. The molecule has 20 heavy (non-hydrogen) atoms. The summed E-state index contributed by atoms with van der Waals surface area (Å²) < 4.78 is 2.08. The summed E-state index contributed by atoms with van der Waals surface area (Å²) in [5, 5.41) is 13.3. The zero-order chi connectivity index (χ0) is 14.7. The van der Waals surface area contributed by atoms with Gasteiger partial charge in [0.15, 0.2) is 0 Å². The van der Waals surface area contributed by atoms with Crippen molar-refractivity contribution in [3.05, 3.63) is 29.0 Å². The number of nitrogens with zero attached hydrogens (tertiary/aromatic N) is 2. The first-order valence-corrected chi connectivity index (χ1v) is 7.35. The molecule has 110 valence electrons. The van der Waals surface area contributed by atoms with E-state index in [0.717, 1.165) is 23.3 Å². The molecule has 0 bridgehead atoms. The van der Waals surface area contributed by atoms with E-state index in [1.165, 1.54) is 0 Å². The normalized spacial score (nSPS) is 13.3. The predicted molar refractivity (Wildman–Crippen MR) is 82.9 cm³/mol. The van der Waals surface area contributed by atoms with Crippen LogP contribution in [0.5, 0.6) is 0 Å². The lowest BCUT2D eigenvalue weighted by Crippen LogP contribution is -2.34. The fourth-order valence-electron chi connectivity index (χ4n) is 2.41. The van der Waals surface area contributed by atoms with Crippen LogP contribution in [0, 0.1) is 5.92 Å². The largest absolute Gasteiger partial charge is 0.396 e. The standard InChI is InChI=1S/C15H22ClN3O/c1-10(2)12(6-7-20)17-9-15-18-13-8-11(16)4-5-14(13)19(15)3/h4-5,8,10,12,17,20H,6-7,9H2,1-3H3. The number of aliphatic hydroxyl groups excluding tert-OH is 1. The van der Waals surface area contributed by atoms with Gasteiger partial charge < -0.3 is 15.0 Å². The van der Waals surface area contributed by atoms with Crippen LogP contribution in [-0.4, -0.2) is 27.3 Å². The lowest BCUT2D eigenvalue weighted by atomic mass is 10.0. The summed E-state index contributed by atoms with van der Waals surface area (Å²) >= 11 is 6.00. The fraction of sp³-hybridized carbons (Fsp3) is 0.533. The van der Waals surface area contributed by atoms with Crippen LogP contribution in [0.25, 0.3) is 11.0 Å². The molecular formula is C15H22ClN3O. The molecule has 1 aromatic heterocycles. The van der Waals surface area contributed by atoms with Crippen molar-refractivity contribution >= 4 is 22.6 Å². The quantitative estimate of drug-likeness (QED) is 0.861. The Morgan fingerprint density at radius 2 is 2.15 bits per heavy atom. The maximum absolute atomic E-state index is 9.11. The molecule has 2 rings (SSSR count). The van der Waals surface area contributed by atoms with Gasteiger partial charge in [-0.25, -0.2) is 4.98 Å². The van der Waals surface area contributed by atoms with Crippen LogP contribution in [0.15, 0.2) is 18.2 Å². The van der Waals surface area contributed by atoms with Crippen molar-refractivity contribution < 1.29 is 5.11 Å². The highest BCUT2D eigenvalue weighted by atomic mass is 35.5. The van der Waals surface area contributed by atoms with Gasteiger partial charge in [-0.05, 0) is 30.5 Å². The van der Waals surface area contributed by atoms with Crippen molar-refractivity contribution in [3.8, 4) is 0 Å². The minimum absolute atomic E-state index is 0.202. The molecule has 0 amide bonds. The molecule has 1 unspecified atom stereocenters. The second-order valence-electron chi connectivity index (χ2n) is 5.46. The first-order valence-electron chi connectivity index (χ1n) is 6.98. The topological polar surface area (TPSA) is 50.1 Å². The second kappa shape index (κ2) is 6.57. The predicted octanol–water partition coefficient (Wildman–Crippen LogP) is 2.72. The lowest BCUT2D eigenvalue weighted by molar-refractivity contribution is 0.243. The maximum atomic E-state index is 9.11. The van der Waals surface area contributed by atoms with Gasteiger partial charge in [0.2, 0.25) is 0 Å². The third-order valence-electron chi connectivity index (χ3n) is 3.70. The van der Waals surface area contributed by atoms with E-state index in [4.69, 9.17) is 16.7 Å². The fourth-order valence-corrected chi connectivity index (χ4v) is 2.58. The van der Waals surface area contributed by atoms with E-state index in [2.05, 4.69) is 28.7 Å². The number of fused-ring (bicyclic) bond motifs is 1. The van der Waals surface area contributed by atoms with Crippen molar-refractivity contribution in [3.63, 3.8) is 0 Å². The number of imidazole rings is 1. The Morgan fingerprint density at radius 1 is 1.40 bits per heavy atom. The van der Waals surface area contributed by atoms with Crippen molar-refractivity contribution in [2.45, 2.75) is 32.9 Å². The number of hydrogen-bond acceptors (Lipinski definition) is 3. The lowest BCUT2D eigenvalue weighted by Gasteiger charge is -2.21. The van der Waals surface area contributed by atoms with Crippen LogP contribution < -0.4 is 5.32 Å². The molecule has 0 spiro atoms. The van der Waals surface area contributed by atoms with Gasteiger partial charge in [-0.2, -0.15) is 0 Å². The summed E-state index contributed by atoms with van der Waals surface area (Å²) in [6, 6.07) is 6.05. The Labute approximate surface area is 124 Å². The van der Waals surface area contributed by atoms with E-state index in [1.54, 1.807) is 0 Å². The minimum atomic E-state index is 0.202. The number of aryl methyl sites for hydroxylation is 1. The van der Waals surface area contributed by atoms with E-state index in [9.17, 15) is 0 Å². The number of rotatable bonds is 6. The monoisotopic (exact) mass is 295 g/mol. The van der Waals surface area contributed by atoms with Gasteiger partial charge in [0.1, 0.15) is 5.82 Å². The molecular weight excluding hydrogens is 274 g/mol. The van der Waals surface area contributed by atoms with Gasteiger partial charge >= 0.3 is 0 Å². The molecule has 0 saturated carbocycles. The highest BCUT2D eigenvalue weighted by molar-refractivity contribution is 6.31. The van der Waals surface area contributed by atoms with Crippen molar-refractivity contribution in [1.29, 1.82) is 0 Å². The van der Waals surface area contributed by atoms with E-state index in [0.29, 0.717) is 23.5 Å². The van der Waals surface area contributed by atoms with Crippen LogP contribution in [0.2, 0.25) is 5.02 Å². The maximum Gasteiger partial charge on any atom is 0.123 e.